The molecule has 24 heavy (non-hydrogen) atoms. The monoisotopic (exact) mass is 338 g/mol. The summed E-state index contributed by atoms with van der Waals surface area (Å²) in [5, 5.41) is 4.05. The normalized spacial score (nSPS) is 17.3. The number of aromatic nitrogens is 2. The second-order valence-corrected chi connectivity index (χ2v) is 6.95. The average molecular weight is 338 g/mol. The Morgan fingerprint density at radius 3 is 2.92 bits per heavy atom. The van der Waals surface area contributed by atoms with E-state index in [2.05, 4.69) is 16.4 Å². The lowest BCUT2D eigenvalue weighted by Gasteiger charge is -2.23. The lowest BCUT2D eigenvalue weighted by molar-refractivity contribution is 0.192. The van der Waals surface area contributed by atoms with Gasteiger partial charge in [-0.05, 0) is 42.7 Å². The van der Waals surface area contributed by atoms with Crippen LogP contribution in [0, 0.1) is 0 Å². The summed E-state index contributed by atoms with van der Waals surface area (Å²) in [5.74, 6) is 0. The number of nitrogens with one attached hydrogen (secondary N) is 1. The summed E-state index contributed by atoms with van der Waals surface area (Å²) in [7, 11) is 0. The van der Waals surface area contributed by atoms with Gasteiger partial charge in [0.1, 0.15) is 5.01 Å². The number of hydrogen-bond acceptors (Lipinski definition) is 4. The number of para-hydroxylation sites is 1. The Kier molecular flexibility index (Phi) is 4.13. The van der Waals surface area contributed by atoms with Crippen molar-refractivity contribution in [3.05, 3.63) is 59.4 Å². The molecule has 0 aliphatic carbocycles. The highest BCUT2D eigenvalue weighted by molar-refractivity contribution is 7.18. The summed E-state index contributed by atoms with van der Waals surface area (Å²) < 4.78 is 1.18. The van der Waals surface area contributed by atoms with E-state index in [-0.39, 0.29) is 12.1 Å². The molecule has 1 aromatic carbocycles. The maximum absolute atomic E-state index is 12.6. The molecular weight excluding hydrogens is 320 g/mol. The molecule has 6 heteroatoms. The van der Waals surface area contributed by atoms with Gasteiger partial charge in [-0.1, -0.05) is 12.1 Å². The number of fused-ring (bicyclic) bond motifs is 1. The van der Waals surface area contributed by atoms with Crippen LogP contribution in [0.25, 0.3) is 10.2 Å². The molecule has 0 unspecified atom stereocenters. The number of urea groups is 1. The van der Waals surface area contributed by atoms with Gasteiger partial charge in [-0.3, -0.25) is 4.98 Å². The number of thiazole rings is 1. The van der Waals surface area contributed by atoms with Crippen LogP contribution in [0.5, 0.6) is 0 Å². The minimum absolute atomic E-state index is 0.0198. The van der Waals surface area contributed by atoms with Crippen LogP contribution in [0.1, 0.15) is 29.5 Å². The van der Waals surface area contributed by atoms with Gasteiger partial charge in [-0.2, -0.15) is 0 Å². The lowest BCUT2D eigenvalue weighted by atomic mass is 10.2. The van der Waals surface area contributed by atoms with Crippen molar-refractivity contribution in [3.63, 3.8) is 0 Å². The van der Waals surface area contributed by atoms with Crippen molar-refractivity contribution in [1.29, 1.82) is 0 Å². The van der Waals surface area contributed by atoms with Gasteiger partial charge >= 0.3 is 6.03 Å². The number of benzene rings is 1. The number of carbonyl (C=O) groups excluding carboxylic acids is 1. The first-order valence-electron chi connectivity index (χ1n) is 8.10. The largest absolute Gasteiger partial charge is 0.334 e. The Morgan fingerprint density at radius 1 is 1.25 bits per heavy atom. The molecule has 2 aromatic heterocycles. The van der Waals surface area contributed by atoms with Gasteiger partial charge in [0.15, 0.2) is 0 Å². The first kappa shape index (κ1) is 15.1. The third kappa shape index (κ3) is 2.97. The zero-order valence-electron chi connectivity index (χ0n) is 13.2. The van der Waals surface area contributed by atoms with E-state index in [4.69, 9.17) is 4.98 Å². The molecular formula is C18H18N4OS. The number of hydrogen-bond donors (Lipinski definition) is 1. The van der Waals surface area contributed by atoms with Crippen LogP contribution in [0.3, 0.4) is 0 Å². The molecule has 3 aromatic rings. The summed E-state index contributed by atoms with van der Waals surface area (Å²) in [4.78, 5) is 23.2. The van der Waals surface area contributed by atoms with E-state index in [1.165, 1.54) is 4.70 Å². The smallest absolute Gasteiger partial charge is 0.318 e. The van der Waals surface area contributed by atoms with Gasteiger partial charge in [0, 0.05) is 25.5 Å². The molecule has 0 saturated carbocycles. The molecule has 4 rings (SSSR count). The molecule has 0 bridgehead atoms. The molecule has 1 saturated heterocycles. The van der Waals surface area contributed by atoms with Crippen molar-refractivity contribution in [3.8, 4) is 0 Å². The fraction of sp³-hybridized carbons (Fsp3) is 0.278. The fourth-order valence-electron chi connectivity index (χ4n) is 3.08. The SMILES string of the molecule is O=C(NCc1ccncc1)N1CCC[C@H]1c1nc2ccccc2s1. The van der Waals surface area contributed by atoms with E-state index in [0.717, 1.165) is 35.5 Å². The van der Waals surface area contributed by atoms with Gasteiger partial charge in [-0.15, -0.1) is 11.3 Å². The van der Waals surface area contributed by atoms with E-state index in [9.17, 15) is 4.79 Å². The molecule has 122 valence electrons. The number of carbonyl (C=O) groups is 1. The molecule has 0 radical (unpaired) electrons. The highest BCUT2D eigenvalue weighted by atomic mass is 32.1. The van der Waals surface area contributed by atoms with Crippen LogP contribution in [0.4, 0.5) is 4.79 Å². The zero-order chi connectivity index (χ0) is 16.4. The molecule has 1 aliphatic heterocycles. The summed E-state index contributed by atoms with van der Waals surface area (Å²) in [6.07, 6.45) is 5.47. The predicted molar refractivity (Wildman–Crippen MR) is 94.8 cm³/mol. The molecule has 5 nitrogen and oxygen atoms in total. The van der Waals surface area contributed by atoms with E-state index in [1.807, 2.05) is 35.2 Å². The third-order valence-electron chi connectivity index (χ3n) is 4.30. The van der Waals surface area contributed by atoms with Crippen molar-refractivity contribution >= 4 is 27.6 Å². The summed E-state index contributed by atoms with van der Waals surface area (Å²) in [5.41, 5.74) is 2.07. The van der Waals surface area contributed by atoms with E-state index >= 15 is 0 Å². The minimum atomic E-state index is -0.0198. The van der Waals surface area contributed by atoms with Crippen LogP contribution in [-0.4, -0.2) is 27.4 Å². The van der Waals surface area contributed by atoms with Gasteiger partial charge in [0.05, 0.1) is 16.3 Å². The first-order valence-corrected chi connectivity index (χ1v) is 8.92. The topological polar surface area (TPSA) is 58.1 Å². The van der Waals surface area contributed by atoms with Crippen LogP contribution in [0.15, 0.2) is 48.8 Å². The van der Waals surface area contributed by atoms with Gasteiger partial charge in [0.25, 0.3) is 0 Å². The van der Waals surface area contributed by atoms with Crippen LogP contribution in [-0.2, 0) is 6.54 Å². The highest BCUT2D eigenvalue weighted by Crippen LogP contribution is 2.36. The second kappa shape index (κ2) is 6.57. The Labute approximate surface area is 144 Å². The van der Waals surface area contributed by atoms with Crippen molar-refractivity contribution in [2.75, 3.05) is 6.54 Å². The molecule has 1 fully saturated rings. The molecule has 1 atom stereocenters. The molecule has 1 aliphatic rings. The Bertz CT molecular complexity index is 815. The van der Waals surface area contributed by atoms with E-state index < -0.39 is 0 Å². The van der Waals surface area contributed by atoms with Gasteiger partial charge < -0.3 is 10.2 Å². The summed E-state index contributed by atoms with van der Waals surface area (Å²) in [6, 6.07) is 12.0. The van der Waals surface area contributed by atoms with Gasteiger partial charge in [-0.25, -0.2) is 9.78 Å². The van der Waals surface area contributed by atoms with E-state index in [1.54, 1.807) is 23.7 Å². The van der Waals surface area contributed by atoms with Crippen molar-refractivity contribution in [1.82, 2.24) is 20.2 Å². The van der Waals surface area contributed by atoms with Crippen molar-refractivity contribution in [2.24, 2.45) is 0 Å². The average Bonchev–Trinajstić information content (AvgIpc) is 3.26. The number of pyridine rings is 1. The quantitative estimate of drug-likeness (QED) is 0.791. The highest BCUT2D eigenvalue weighted by Gasteiger charge is 2.32. The van der Waals surface area contributed by atoms with Crippen LogP contribution >= 0.6 is 11.3 Å². The third-order valence-corrected chi connectivity index (χ3v) is 5.44. The van der Waals surface area contributed by atoms with Gasteiger partial charge in [0.2, 0.25) is 0 Å². The lowest BCUT2D eigenvalue weighted by Crippen LogP contribution is -2.39. The fourth-order valence-corrected chi connectivity index (χ4v) is 4.19. The minimum Gasteiger partial charge on any atom is -0.334 e. The standard InChI is InChI=1S/C18H18N4OS/c23-18(20-12-13-7-9-19-10-8-13)22-11-3-5-15(22)17-21-14-4-1-2-6-16(14)24-17/h1-2,4,6-10,15H,3,5,11-12H2,(H,20,23)/t15-/m0/s1. The van der Waals surface area contributed by atoms with Crippen molar-refractivity contribution < 1.29 is 4.79 Å². The maximum atomic E-state index is 12.6. The summed E-state index contributed by atoms with van der Waals surface area (Å²) >= 11 is 1.69. The second-order valence-electron chi connectivity index (χ2n) is 5.89. The maximum Gasteiger partial charge on any atom is 0.318 e. The van der Waals surface area contributed by atoms with E-state index in [0.29, 0.717) is 6.54 Å². The number of rotatable bonds is 3. The zero-order valence-corrected chi connectivity index (χ0v) is 14.0. The Morgan fingerprint density at radius 2 is 2.08 bits per heavy atom. The number of amides is 2. The molecule has 0 spiro atoms. The summed E-state index contributed by atoms with van der Waals surface area (Å²) in [6.45, 7) is 1.30. The molecule has 1 N–H and O–H groups in total. The number of likely N-dealkylation sites (tertiary alicyclic amines) is 1. The Balaban J connectivity index is 1.48. The first-order chi connectivity index (χ1) is 11.8. The van der Waals surface area contributed by atoms with Crippen LogP contribution < -0.4 is 5.32 Å². The predicted octanol–water partition coefficient (Wildman–Crippen LogP) is 3.74. The number of nitrogens with zero attached hydrogens (tertiary/aromatic N) is 3. The van der Waals surface area contributed by atoms with Crippen LogP contribution in [0.2, 0.25) is 0 Å². The molecule has 2 amide bonds. The van der Waals surface area contributed by atoms with Crippen molar-refractivity contribution in [2.45, 2.75) is 25.4 Å². The Hall–Kier alpha value is -2.47. The molecule has 3 heterocycles.